The van der Waals surface area contributed by atoms with Gasteiger partial charge >= 0.3 is 0 Å². The van der Waals surface area contributed by atoms with Gasteiger partial charge in [-0.15, -0.1) is 0 Å². The molecule has 1 aliphatic heterocycles. The first-order valence-electron chi connectivity index (χ1n) is 5.73. The molecule has 0 aromatic carbocycles. The van der Waals surface area contributed by atoms with Crippen molar-refractivity contribution >= 4 is 5.91 Å². The second-order valence-corrected chi connectivity index (χ2v) is 4.60. The molecule has 0 aromatic heterocycles. The first kappa shape index (κ1) is 12.5. The van der Waals surface area contributed by atoms with Gasteiger partial charge in [-0.1, -0.05) is 13.3 Å². The number of hydrogen-bond acceptors (Lipinski definition) is 3. The number of carbonyl (C=O) groups excluding carboxylic acids is 1. The summed E-state index contributed by atoms with van der Waals surface area (Å²) in [4.78, 5) is 11.7. The molecule has 0 aromatic rings. The summed E-state index contributed by atoms with van der Waals surface area (Å²) in [5.74, 6) is -0.0511. The van der Waals surface area contributed by atoms with Crippen molar-refractivity contribution in [3.05, 3.63) is 0 Å². The maximum Gasteiger partial charge on any atom is 0.237 e. The third-order valence-electron chi connectivity index (χ3n) is 2.80. The number of amides is 1. The fourth-order valence-electron chi connectivity index (χ4n) is 1.86. The summed E-state index contributed by atoms with van der Waals surface area (Å²) in [7, 11) is 0. The minimum atomic E-state index is -0.381. The lowest BCUT2D eigenvalue weighted by atomic mass is 9.94. The summed E-state index contributed by atoms with van der Waals surface area (Å²) < 4.78 is 5.37. The number of ether oxygens (including phenoxy) is 1. The Kier molecular flexibility index (Phi) is 4.54. The summed E-state index contributed by atoms with van der Waals surface area (Å²) in [6.45, 7) is 5.44. The number of carbonyl (C=O) groups is 1. The zero-order valence-corrected chi connectivity index (χ0v) is 9.71. The molecule has 1 amide bonds. The Morgan fingerprint density at radius 3 is 2.93 bits per heavy atom. The van der Waals surface area contributed by atoms with Gasteiger partial charge in [0.1, 0.15) is 0 Å². The quantitative estimate of drug-likeness (QED) is 0.727. The van der Waals surface area contributed by atoms with E-state index in [0.29, 0.717) is 6.61 Å². The smallest absolute Gasteiger partial charge is 0.237 e. The van der Waals surface area contributed by atoms with E-state index < -0.39 is 0 Å². The number of nitrogens with one attached hydrogen (secondary N) is 1. The molecule has 1 heterocycles. The number of nitrogens with two attached hydrogens (primary N) is 1. The van der Waals surface area contributed by atoms with Gasteiger partial charge in [0.05, 0.1) is 18.2 Å². The highest BCUT2D eigenvalue weighted by Gasteiger charge is 2.30. The molecule has 88 valence electrons. The van der Waals surface area contributed by atoms with E-state index >= 15 is 0 Å². The van der Waals surface area contributed by atoms with E-state index in [1.807, 2.05) is 13.8 Å². The van der Waals surface area contributed by atoms with Gasteiger partial charge in [-0.25, -0.2) is 0 Å². The monoisotopic (exact) mass is 214 g/mol. The average Bonchev–Trinajstić information content (AvgIpc) is 2.18. The van der Waals surface area contributed by atoms with Crippen molar-refractivity contribution in [2.24, 2.45) is 5.73 Å². The van der Waals surface area contributed by atoms with Crippen LogP contribution < -0.4 is 11.1 Å². The summed E-state index contributed by atoms with van der Waals surface area (Å²) >= 11 is 0. The molecule has 4 heteroatoms. The molecule has 0 radical (unpaired) electrons. The van der Waals surface area contributed by atoms with E-state index in [1.54, 1.807) is 0 Å². The highest BCUT2D eigenvalue weighted by atomic mass is 16.5. The lowest BCUT2D eigenvalue weighted by molar-refractivity contribution is -0.126. The van der Waals surface area contributed by atoms with Gasteiger partial charge in [0, 0.05) is 6.61 Å². The van der Waals surface area contributed by atoms with Crippen LogP contribution in [0.5, 0.6) is 0 Å². The van der Waals surface area contributed by atoms with Crippen LogP contribution in [0.25, 0.3) is 0 Å². The molecule has 0 aliphatic carbocycles. The second-order valence-electron chi connectivity index (χ2n) is 4.60. The van der Waals surface area contributed by atoms with E-state index in [0.717, 1.165) is 32.3 Å². The summed E-state index contributed by atoms with van der Waals surface area (Å²) in [6, 6.07) is -0.381. The van der Waals surface area contributed by atoms with Crippen LogP contribution in [0.1, 0.15) is 39.5 Å². The molecule has 1 fully saturated rings. The maximum atomic E-state index is 11.7. The Hall–Kier alpha value is -0.610. The van der Waals surface area contributed by atoms with Gasteiger partial charge < -0.3 is 15.8 Å². The molecule has 0 saturated carbocycles. The molecule has 2 atom stereocenters. The molecule has 4 nitrogen and oxygen atoms in total. The first-order chi connectivity index (χ1) is 7.07. The van der Waals surface area contributed by atoms with E-state index in [9.17, 15) is 4.79 Å². The van der Waals surface area contributed by atoms with E-state index in [4.69, 9.17) is 10.5 Å². The molecular formula is C11H22N2O2. The lowest BCUT2D eigenvalue weighted by Gasteiger charge is -2.35. The Balaban J connectivity index is 2.41. The number of rotatable bonds is 4. The molecule has 0 spiro atoms. The minimum absolute atomic E-state index is 0.0511. The molecular weight excluding hydrogens is 192 g/mol. The maximum absolute atomic E-state index is 11.7. The first-order valence-corrected chi connectivity index (χ1v) is 5.73. The predicted octanol–water partition coefficient (Wildman–Crippen LogP) is 0.799. The number of hydrogen-bond donors (Lipinski definition) is 2. The van der Waals surface area contributed by atoms with Crippen LogP contribution in [-0.2, 0) is 9.53 Å². The van der Waals surface area contributed by atoms with Crippen molar-refractivity contribution in [1.29, 1.82) is 0 Å². The van der Waals surface area contributed by atoms with Gasteiger partial charge in [-0.3, -0.25) is 4.79 Å². The van der Waals surface area contributed by atoms with Gasteiger partial charge in [0.25, 0.3) is 0 Å². The van der Waals surface area contributed by atoms with Crippen molar-refractivity contribution in [2.45, 2.75) is 51.1 Å². The van der Waals surface area contributed by atoms with Gasteiger partial charge in [-0.05, 0) is 26.2 Å². The summed E-state index contributed by atoms with van der Waals surface area (Å²) in [5, 5.41) is 2.99. The summed E-state index contributed by atoms with van der Waals surface area (Å²) in [5.41, 5.74) is 5.53. The van der Waals surface area contributed by atoms with Crippen molar-refractivity contribution in [3.8, 4) is 0 Å². The standard InChI is InChI=1S/C11H22N2O2/c1-3-5-9(12)10(14)13-11(2)6-4-7-15-8-11/h9H,3-8,12H2,1-2H3,(H,13,14). The molecule has 1 rings (SSSR count). The van der Waals surface area contributed by atoms with Crippen LogP contribution >= 0.6 is 0 Å². The Labute approximate surface area is 91.5 Å². The van der Waals surface area contributed by atoms with Gasteiger partial charge in [0.15, 0.2) is 0 Å². The van der Waals surface area contributed by atoms with Crippen LogP contribution in [0, 0.1) is 0 Å². The van der Waals surface area contributed by atoms with Crippen LogP contribution in [0.15, 0.2) is 0 Å². The molecule has 3 N–H and O–H groups in total. The predicted molar refractivity (Wildman–Crippen MR) is 59.5 cm³/mol. The highest BCUT2D eigenvalue weighted by Crippen LogP contribution is 2.18. The molecule has 1 aliphatic rings. The SMILES string of the molecule is CCCC(N)C(=O)NC1(C)CCCOC1. The van der Waals surface area contributed by atoms with Crippen LogP contribution in [-0.4, -0.2) is 30.7 Å². The molecule has 1 saturated heterocycles. The van der Waals surface area contributed by atoms with Crippen molar-refractivity contribution < 1.29 is 9.53 Å². The Bertz CT molecular complexity index is 213. The molecule has 0 bridgehead atoms. The van der Waals surface area contributed by atoms with Gasteiger partial charge in [0.2, 0.25) is 5.91 Å². The molecule has 15 heavy (non-hydrogen) atoms. The zero-order valence-electron chi connectivity index (χ0n) is 9.71. The van der Waals surface area contributed by atoms with E-state index in [-0.39, 0.29) is 17.5 Å². The van der Waals surface area contributed by atoms with Crippen molar-refractivity contribution in [2.75, 3.05) is 13.2 Å². The van der Waals surface area contributed by atoms with Crippen LogP contribution in [0.2, 0.25) is 0 Å². The average molecular weight is 214 g/mol. The second kappa shape index (κ2) is 5.47. The molecule has 2 unspecified atom stereocenters. The summed E-state index contributed by atoms with van der Waals surface area (Å²) in [6.07, 6.45) is 3.64. The largest absolute Gasteiger partial charge is 0.379 e. The van der Waals surface area contributed by atoms with Crippen LogP contribution in [0.4, 0.5) is 0 Å². The van der Waals surface area contributed by atoms with Crippen LogP contribution in [0.3, 0.4) is 0 Å². The van der Waals surface area contributed by atoms with Gasteiger partial charge in [-0.2, -0.15) is 0 Å². The normalized spacial score (nSPS) is 28.5. The fraction of sp³-hybridized carbons (Fsp3) is 0.909. The Morgan fingerprint density at radius 2 is 2.40 bits per heavy atom. The minimum Gasteiger partial charge on any atom is -0.379 e. The van der Waals surface area contributed by atoms with Crippen molar-refractivity contribution in [3.63, 3.8) is 0 Å². The van der Waals surface area contributed by atoms with E-state index in [2.05, 4.69) is 5.32 Å². The highest BCUT2D eigenvalue weighted by molar-refractivity contribution is 5.82. The third-order valence-corrected chi connectivity index (χ3v) is 2.80. The topological polar surface area (TPSA) is 64.4 Å². The van der Waals surface area contributed by atoms with E-state index in [1.165, 1.54) is 0 Å². The Morgan fingerprint density at radius 1 is 1.67 bits per heavy atom. The third kappa shape index (κ3) is 3.80. The fourth-order valence-corrected chi connectivity index (χ4v) is 1.86. The van der Waals surface area contributed by atoms with Crippen molar-refractivity contribution in [1.82, 2.24) is 5.32 Å². The lowest BCUT2D eigenvalue weighted by Crippen LogP contribution is -2.55. The zero-order chi connectivity index (χ0) is 11.3.